The predicted molar refractivity (Wildman–Crippen MR) is 130 cm³/mol. The van der Waals surface area contributed by atoms with Crippen molar-refractivity contribution in [1.29, 1.82) is 0 Å². The number of nitrogens with one attached hydrogen (secondary N) is 1. The van der Waals surface area contributed by atoms with Crippen LogP contribution in [0, 0.1) is 0 Å². The summed E-state index contributed by atoms with van der Waals surface area (Å²) >= 11 is 6.22. The second kappa shape index (κ2) is 9.10. The standard InChI is InChI=1S/C26H21ClN2O4/c27-20-8-9-23(29-10-12-32-13-11-29)22(16-20)28-25(30)19-6-3-5-17(14-19)21-15-18-4-1-2-7-24(18)33-26(21)31/h1-9,14-16H,10-13H2,(H,28,30). The molecule has 166 valence electrons. The summed E-state index contributed by atoms with van der Waals surface area (Å²) in [6.45, 7) is 2.73. The normalized spacial score (nSPS) is 13.8. The molecular weight excluding hydrogens is 440 g/mol. The molecule has 0 atom stereocenters. The van der Waals surface area contributed by atoms with Crippen molar-refractivity contribution >= 4 is 39.9 Å². The van der Waals surface area contributed by atoms with E-state index in [1.54, 1.807) is 42.5 Å². The van der Waals surface area contributed by atoms with Crippen LogP contribution in [0.2, 0.25) is 5.02 Å². The maximum atomic E-state index is 13.1. The van der Waals surface area contributed by atoms with Gasteiger partial charge in [0.1, 0.15) is 5.58 Å². The first kappa shape index (κ1) is 21.2. The molecule has 1 amide bonds. The Morgan fingerprint density at radius 1 is 0.939 bits per heavy atom. The predicted octanol–water partition coefficient (Wildman–Crippen LogP) is 5.20. The zero-order valence-corrected chi connectivity index (χ0v) is 18.5. The van der Waals surface area contributed by atoms with Crippen LogP contribution in [-0.4, -0.2) is 32.2 Å². The number of nitrogens with zero attached hydrogens (tertiary/aromatic N) is 1. The quantitative estimate of drug-likeness (QED) is 0.424. The van der Waals surface area contributed by atoms with Gasteiger partial charge in [-0.15, -0.1) is 0 Å². The Morgan fingerprint density at radius 3 is 2.61 bits per heavy atom. The van der Waals surface area contributed by atoms with Crippen LogP contribution < -0.4 is 15.8 Å². The topological polar surface area (TPSA) is 71.8 Å². The third kappa shape index (κ3) is 4.49. The Labute approximate surface area is 195 Å². The van der Waals surface area contributed by atoms with Crippen LogP contribution in [0.25, 0.3) is 22.1 Å². The molecule has 0 unspecified atom stereocenters. The van der Waals surface area contributed by atoms with Crippen LogP contribution in [-0.2, 0) is 4.74 Å². The molecule has 0 spiro atoms. The summed E-state index contributed by atoms with van der Waals surface area (Å²) in [5.41, 5.74) is 3.04. The summed E-state index contributed by atoms with van der Waals surface area (Å²) < 4.78 is 10.9. The summed E-state index contributed by atoms with van der Waals surface area (Å²) in [4.78, 5) is 27.9. The Bertz CT molecular complexity index is 1390. The van der Waals surface area contributed by atoms with E-state index < -0.39 is 5.63 Å². The number of rotatable bonds is 4. The van der Waals surface area contributed by atoms with Gasteiger partial charge in [-0.1, -0.05) is 41.9 Å². The lowest BCUT2D eigenvalue weighted by Crippen LogP contribution is -2.36. The van der Waals surface area contributed by atoms with Crippen LogP contribution >= 0.6 is 11.6 Å². The van der Waals surface area contributed by atoms with E-state index in [1.807, 2.05) is 30.3 Å². The number of morpholine rings is 1. The van der Waals surface area contributed by atoms with Gasteiger partial charge in [0.2, 0.25) is 0 Å². The second-order valence-corrected chi connectivity index (χ2v) is 8.22. The van der Waals surface area contributed by atoms with Crippen LogP contribution in [0.15, 0.2) is 82.0 Å². The highest BCUT2D eigenvalue weighted by Crippen LogP contribution is 2.30. The number of para-hydroxylation sites is 1. The fraction of sp³-hybridized carbons (Fsp3) is 0.154. The first-order valence-corrected chi connectivity index (χ1v) is 11.0. The van der Waals surface area contributed by atoms with Gasteiger partial charge in [0.15, 0.2) is 0 Å². The molecule has 1 aromatic heterocycles. The number of fused-ring (bicyclic) bond motifs is 1. The Morgan fingerprint density at radius 2 is 1.76 bits per heavy atom. The summed E-state index contributed by atoms with van der Waals surface area (Å²) in [6.07, 6.45) is 0. The molecule has 7 heteroatoms. The number of ether oxygens (including phenoxy) is 1. The summed E-state index contributed by atoms with van der Waals surface area (Å²) in [5.74, 6) is -0.293. The number of carbonyl (C=O) groups excluding carboxylic acids is 1. The largest absolute Gasteiger partial charge is 0.422 e. The molecule has 5 rings (SSSR count). The molecule has 0 aliphatic carbocycles. The van der Waals surface area contributed by atoms with Gasteiger partial charge in [0, 0.05) is 29.1 Å². The maximum absolute atomic E-state index is 13.1. The highest BCUT2D eigenvalue weighted by atomic mass is 35.5. The molecule has 0 saturated carbocycles. The molecule has 1 aliphatic rings. The zero-order valence-electron chi connectivity index (χ0n) is 17.7. The Kier molecular flexibility index (Phi) is 5.86. The third-order valence-corrected chi connectivity index (χ3v) is 5.87. The molecule has 0 radical (unpaired) electrons. The second-order valence-electron chi connectivity index (χ2n) is 7.78. The minimum atomic E-state index is -0.448. The van der Waals surface area contributed by atoms with Gasteiger partial charge >= 0.3 is 5.63 Å². The van der Waals surface area contributed by atoms with Crippen LogP contribution in [0.4, 0.5) is 11.4 Å². The van der Waals surface area contributed by atoms with E-state index in [0.717, 1.165) is 24.2 Å². The zero-order chi connectivity index (χ0) is 22.8. The molecule has 3 aromatic carbocycles. The van der Waals surface area contributed by atoms with Gasteiger partial charge in [-0.25, -0.2) is 4.79 Å². The fourth-order valence-corrected chi connectivity index (χ4v) is 4.15. The van der Waals surface area contributed by atoms with Crippen LogP contribution in [0.1, 0.15) is 10.4 Å². The number of halogens is 1. The number of amides is 1. The number of hydrogen-bond donors (Lipinski definition) is 1. The van der Waals surface area contributed by atoms with Crippen LogP contribution in [0.5, 0.6) is 0 Å². The van der Waals surface area contributed by atoms with Crippen LogP contribution in [0.3, 0.4) is 0 Å². The lowest BCUT2D eigenvalue weighted by molar-refractivity contribution is 0.102. The van der Waals surface area contributed by atoms with Gasteiger partial charge in [-0.05, 0) is 48.0 Å². The van der Waals surface area contributed by atoms with Gasteiger partial charge in [0.05, 0.1) is 30.2 Å². The SMILES string of the molecule is O=C(Nc1cc(Cl)ccc1N1CCOCC1)c1cccc(-c2cc3ccccc3oc2=O)c1. The molecule has 1 aliphatic heterocycles. The van der Waals surface area contributed by atoms with Gasteiger partial charge in [-0.3, -0.25) is 4.79 Å². The average molecular weight is 461 g/mol. The molecule has 0 bridgehead atoms. The van der Waals surface area contributed by atoms with Gasteiger partial charge in [-0.2, -0.15) is 0 Å². The monoisotopic (exact) mass is 460 g/mol. The minimum Gasteiger partial charge on any atom is -0.422 e. The number of carbonyl (C=O) groups is 1. The highest BCUT2D eigenvalue weighted by molar-refractivity contribution is 6.31. The molecule has 6 nitrogen and oxygen atoms in total. The first-order valence-electron chi connectivity index (χ1n) is 10.7. The smallest absolute Gasteiger partial charge is 0.344 e. The number of anilines is 2. The maximum Gasteiger partial charge on any atom is 0.344 e. The van der Waals surface area contributed by atoms with E-state index in [4.69, 9.17) is 20.8 Å². The minimum absolute atomic E-state index is 0.293. The lowest BCUT2D eigenvalue weighted by atomic mass is 10.0. The van der Waals surface area contributed by atoms with Crippen molar-refractivity contribution in [3.05, 3.63) is 93.8 Å². The third-order valence-electron chi connectivity index (χ3n) is 5.64. The molecule has 1 saturated heterocycles. The lowest BCUT2D eigenvalue weighted by Gasteiger charge is -2.30. The van der Waals surface area contributed by atoms with Crippen molar-refractivity contribution in [3.63, 3.8) is 0 Å². The molecule has 1 fully saturated rings. The van der Waals surface area contributed by atoms with Crippen molar-refractivity contribution < 1.29 is 13.9 Å². The number of benzene rings is 3. The van der Waals surface area contributed by atoms with Crippen molar-refractivity contribution in [1.82, 2.24) is 0 Å². The van der Waals surface area contributed by atoms with Crippen molar-refractivity contribution in [2.75, 3.05) is 36.5 Å². The molecule has 4 aromatic rings. The highest BCUT2D eigenvalue weighted by Gasteiger charge is 2.18. The van der Waals surface area contributed by atoms with Crippen molar-refractivity contribution in [3.8, 4) is 11.1 Å². The summed E-state index contributed by atoms with van der Waals surface area (Å²) in [6, 6.07) is 21.5. The summed E-state index contributed by atoms with van der Waals surface area (Å²) in [7, 11) is 0. The van der Waals surface area contributed by atoms with Gasteiger partial charge in [0.25, 0.3) is 5.91 Å². The molecule has 1 N–H and O–H groups in total. The van der Waals surface area contributed by atoms with Crippen molar-refractivity contribution in [2.45, 2.75) is 0 Å². The van der Waals surface area contributed by atoms with E-state index in [1.165, 1.54) is 0 Å². The van der Waals surface area contributed by atoms with Crippen molar-refractivity contribution in [2.24, 2.45) is 0 Å². The molecule has 33 heavy (non-hydrogen) atoms. The van der Waals surface area contributed by atoms with E-state index >= 15 is 0 Å². The average Bonchev–Trinajstić information content (AvgIpc) is 2.84. The van der Waals surface area contributed by atoms with E-state index in [0.29, 0.717) is 46.2 Å². The van der Waals surface area contributed by atoms with E-state index in [-0.39, 0.29) is 5.91 Å². The molecule has 2 heterocycles. The number of hydrogen-bond acceptors (Lipinski definition) is 5. The van der Waals surface area contributed by atoms with Gasteiger partial charge < -0.3 is 19.4 Å². The fourth-order valence-electron chi connectivity index (χ4n) is 3.97. The Hall–Kier alpha value is -3.61. The Balaban J connectivity index is 1.46. The van der Waals surface area contributed by atoms with E-state index in [9.17, 15) is 9.59 Å². The first-order chi connectivity index (χ1) is 16.1. The summed E-state index contributed by atoms with van der Waals surface area (Å²) in [5, 5.41) is 4.33. The molecular formula is C26H21ClN2O4. The van der Waals surface area contributed by atoms with E-state index in [2.05, 4.69) is 10.2 Å².